The van der Waals surface area contributed by atoms with Crippen LogP contribution in [0.2, 0.25) is 0 Å². The fourth-order valence-corrected chi connectivity index (χ4v) is 5.17. The highest BCUT2D eigenvalue weighted by Crippen LogP contribution is 2.13. The summed E-state index contributed by atoms with van der Waals surface area (Å²) in [5.41, 5.74) is 0. The summed E-state index contributed by atoms with van der Waals surface area (Å²) < 4.78 is 16.5. The molecule has 0 aliphatic carbocycles. The van der Waals surface area contributed by atoms with E-state index < -0.39 is 12.0 Å². The molecule has 1 unspecified atom stereocenters. The molecule has 0 saturated carbocycles. The molecular formula is C37H70N4O9. The van der Waals surface area contributed by atoms with E-state index in [4.69, 9.17) is 19.3 Å². The van der Waals surface area contributed by atoms with Gasteiger partial charge >= 0.3 is 5.97 Å². The van der Waals surface area contributed by atoms with Gasteiger partial charge in [0.2, 0.25) is 23.6 Å². The molecule has 0 spiro atoms. The van der Waals surface area contributed by atoms with E-state index in [2.05, 4.69) is 21.3 Å². The third kappa shape index (κ3) is 33.7. The van der Waals surface area contributed by atoms with E-state index in [-0.39, 0.29) is 30.0 Å². The van der Waals surface area contributed by atoms with Crippen molar-refractivity contribution >= 4 is 29.6 Å². The number of rotatable bonds is 37. The minimum absolute atomic E-state index is 0.0448. The molecule has 5 N–H and O–H groups in total. The molecule has 0 aromatic rings. The second-order valence-electron chi connectivity index (χ2n) is 12.6. The summed E-state index contributed by atoms with van der Waals surface area (Å²) >= 11 is 0. The van der Waals surface area contributed by atoms with Crippen LogP contribution in [0.1, 0.15) is 142 Å². The zero-order chi connectivity index (χ0) is 36.9. The Hall–Kier alpha value is -2.77. The molecule has 0 radical (unpaired) electrons. The third-order valence-electron chi connectivity index (χ3n) is 8.19. The van der Waals surface area contributed by atoms with Crippen molar-refractivity contribution in [2.75, 3.05) is 59.3 Å². The second kappa shape index (κ2) is 36.0. The summed E-state index contributed by atoms with van der Waals surface area (Å²) in [6.07, 6.45) is 18.8. The van der Waals surface area contributed by atoms with Gasteiger partial charge in [0.25, 0.3) is 0 Å². The van der Waals surface area contributed by atoms with Crippen LogP contribution in [0, 0.1) is 0 Å². The van der Waals surface area contributed by atoms with E-state index in [1.54, 1.807) is 13.8 Å². The van der Waals surface area contributed by atoms with Crippen molar-refractivity contribution in [3.63, 3.8) is 0 Å². The highest BCUT2D eigenvalue weighted by molar-refractivity contribution is 5.87. The van der Waals surface area contributed by atoms with Gasteiger partial charge in [-0.1, -0.05) is 90.9 Å². The Balaban J connectivity index is 3.51. The van der Waals surface area contributed by atoms with Crippen LogP contribution in [0.4, 0.5) is 0 Å². The Kier molecular flexibility index (Phi) is 34.0. The predicted molar refractivity (Wildman–Crippen MR) is 195 cm³/mol. The first-order chi connectivity index (χ1) is 24.3. The van der Waals surface area contributed by atoms with Gasteiger partial charge in [-0.2, -0.15) is 0 Å². The van der Waals surface area contributed by atoms with Crippen molar-refractivity contribution in [3.05, 3.63) is 0 Å². The van der Waals surface area contributed by atoms with Crippen molar-refractivity contribution < 1.29 is 43.3 Å². The highest BCUT2D eigenvalue weighted by Gasteiger charge is 2.19. The maximum atomic E-state index is 12.5. The predicted octanol–water partition coefficient (Wildman–Crippen LogP) is 4.80. The molecule has 0 heterocycles. The third-order valence-corrected chi connectivity index (χ3v) is 8.19. The van der Waals surface area contributed by atoms with Crippen LogP contribution < -0.4 is 21.3 Å². The van der Waals surface area contributed by atoms with E-state index in [0.29, 0.717) is 91.4 Å². The Labute approximate surface area is 301 Å². The van der Waals surface area contributed by atoms with Gasteiger partial charge in [0.15, 0.2) is 0 Å². The highest BCUT2D eigenvalue weighted by atomic mass is 16.5. The van der Waals surface area contributed by atoms with Gasteiger partial charge < -0.3 is 40.6 Å². The van der Waals surface area contributed by atoms with Crippen LogP contribution in [0.15, 0.2) is 0 Å². The van der Waals surface area contributed by atoms with E-state index in [0.717, 1.165) is 32.1 Å². The lowest BCUT2D eigenvalue weighted by Gasteiger charge is -2.18. The van der Waals surface area contributed by atoms with Crippen LogP contribution in [-0.2, 0) is 38.2 Å². The summed E-state index contributed by atoms with van der Waals surface area (Å²) in [5.74, 6) is -1.14. The maximum absolute atomic E-state index is 12.5. The van der Waals surface area contributed by atoms with Gasteiger partial charge in [0.1, 0.15) is 6.04 Å². The van der Waals surface area contributed by atoms with E-state index >= 15 is 0 Å². The second-order valence-corrected chi connectivity index (χ2v) is 12.6. The molecule has 0 bridgehead atoms. The van der Waals surface area contributed by atoms with Crippen LogP contribution in [0.25, 0.3) is 0 Å². The Morgan fingerprint density at radius 2 is 0.900 bits per heavy atom. The first kappa shape index (κ1) is 47.2. The minimum atomic E-state index is -0.690. The van der Waals surface area contributed by atoms with E-state index in [1.165, 1.54) is 57.8 Å². The SMILES string of the molecule is CCC(=O)NCCCC(NC(=O)CC)C(=O)NCCOCCOCCOCCNC(=O)CCCCCCCCCCCCCCCCC(=O)O. The first-order valence-electron chi connectivity index (χ1n) is 19.4. The topological polar surface area (TPSA) is 181 Å². The van der Waals surface area contributed by atoms with Crippen LogP contribution in [0.5, 0.6) is 0 Å². The van der Waals surface area contributed by atoms with Gasteiger partial charge in [-0.05, 0) is 25.7 Å². The molecule has 0 aromatic heterocycles. The van der Waals surface area contributed by atoms with Crippen molar-refractivity contribution in [1.82, 2.24) is 21.3 Å². The molecule has 0 rings (SSSR count). The number of carbonyl (C=O) groups excluding carboxylic acids is 4. The van der Waals surface area contributed by atoms with Crippen molar-refractivity contribution in [3.8, 4) is 0 Å². The number of carbonyl (C=O) groups is 5. The van der Waals surface area contributed by atoms with Gasteiger partial charge in [-0.3, -0.25) is 24.0 Å². The van der Waals surface area contributed by atoms with Crippen molar-refractivity contribution in [2.24, 2.45) is 0 Å². The molecule has 0 aliphatic heterocycles. The first-order valence-corrected chi connectivity index (χ1v) is 19.4. The summed E-state index contributed by atoms with van der Waals surface area (Å²) in [7, 11) is 0. The number of unbranched alkanes of at least 4 members (excludes halogenated alkanes) is 13. The standard InChI is InChI=1S/C37H70N4O9/c1-3-33(42)38-23-19-20-32(41-34(43)4-2)37(47)40-25-27-49-29-31-50-30-28-48-26-24-39-35(44)21-17-15-13-11-9-7-5-6-8-10-12-14-16-18-22-36(45)46/h32H,3-31H2,1-2H3,(H,38,42)(H,39,44)(H,40,47)(H,41,43)(H,45,46). The van der Waals surface area contributed by atoms with Gasteiger partial charge in [0.05, 0.1) is 39.6 Å². The maximum Gasteiger partial charge on any atom is 0.303 e. The summed E-state index contributed by atoms with van der Waals surface area (Å²) in [4.78, 5) is 58.2. The largest absolute Gasteiger partial charge is 0.481 e. The average Bonchev–Trinajstić information content (AvgIpc) is 3.10. The fourth-order valence-electron chi connectivity index (χ4n) is 5.17. The minimum Gasteiger partial charge on any atom is -0.481 e. The Bertz CT molecular complexity index is 876. The van der Waals surface area contributed by atoms with E-state index in [1.807, 2.05) is 0 Å². The number of amides is 4. The lowest BCUT2D eigenvalue weighted by Crippen LogP contribution is -2.47. The molecule has 0 aromatic carbocycles. The molecule has 0 aliphatic rings. The molecule has 0 fully saturated rings. The molecule has 13 heteroatoms. The average molecular weight is 715 g/mol. The van der Waals surface area contributed by atoms with Crippen LogP contribution in [-0.4, -0.2) is 100 Å². The summed E-state index contributed by atoms with van der Waals surface area (Å²) in [6, 6.07) is -0.655. The quantitative estimate of drug-likeness (QED) is 0.0565. The number of aliphatic carboxylic acids is 1. The number of carboxylic acids is 1. The number of ether oxygens (including phenoxy) is 3. The Morgan fingerprint density at radius 3 is 1.38 bits per heavy atom. The van der Waals surface area contributed by atoms with Gasteiger partial charge in [-0.15, -0.1) is 0 Å². The fraction of sp³-hybridized carbons (Fsp3) is 0.865. The lowest BCUT2D eigenvalue weighted by atomic mass is 10.0. The molecule has 292 valence electrons. The lowest BCUT2D eigenvalue weighted by molar-refractivity contribution is -0.137. The molecule has 4 amide bonds. The number of nitrogens with one attached hydrogen (secondary N) is 4. The zero-order valence-corrected chi connectivity index (χ0v) is 31.3. The number of carboxylic acid groups (broad SMARTS) is 1. The molecule has 50 heavy (non-hydrogen) atoms. The molecule has 0 saturated heterocycles. The van der Waals surface area contributed by atoms with Gasteiger partial charge in [-0.25, -0.2) is 0 Å². The summed E-state index contributed by atoms with van der Waals surface area (Å²) in [5, 5.41) is 19.8. The zero-order valence-electron chi connectivity index (χ0n) is 31.3. The molecular weight excluding hydrogens is 644 g/mol. The monoisotopic (exact) mass is 715 g/mol. The van der Waals surface area contributed by atoms with Crippen LogP contribution in [0.3, 0.4) is 0 Å². The number of hydrogen-bond donors (Lipinski definition) is 5. The van der Waals surface area contributed by atoms with Crippen LogP contribution >= 0.6 is 0 Å². The number of hydrogen-bond acceptors (Lipinski definition) is 8. The molecule has 1 atom stereocenters. The summed E-state index contributed by atoms with van der Waals surface area (Å²) in [6.45, 7) is 7.11. The Morgan fingerprint density at radius 1 is 0.480 bits per heavy atom. The van der Waals surface area contributed by atoms with E-state index in [9.17, 15) is 24.0 Å². The van der Waals surface area contributed by atoms with Gasteiger partial charge in [0, 0.05) is 45.3 Å². The van der Waals surface area contributed by atoms with Crippen molar-refractivity contribution in [2.45, 2.75) is 148 Å². The van der Waals surface area contributed by atoms with Crippen molar-refractivity contribution in [1.29, 1.82) is 0 Å². The molecule has 13 nitrogen and oxygen atoms in total. The normalized spacial score (nSPS) is 11.6. The smallest absolute Gasteiger partial charge is 0.303 e.